The Morgan fingerprint density at radius 2 is 1.90 bits per heavy atom. The molecule has 0 aliphatic carbocycles. The SMILES string of the molecule is COP(OC)OCC(C)=O. The Hall–Kier alpha value is -0.0200. The summed E-state index contributed by atoms with van der Waals surface area (Å²) in [5.74, 6) is -0.0402. The van der Waals surface area contributed by atoms with Crippen LogP contribution in [0.4, 0.5) is 0 Å². The van der Waals surface area contributed by atoms with E-state index >= 15 is 0 Å². The molecular formula is C5H11O4P. The molecule has 0 spiro atoms. The number of ketones is 1. The third-order valence-corrected chi connectivity index (χ3v) is 1.61. The van der Waals surface area contributed by atoms with E-state index in [4.69, 9.17) is 13.6 Å². The molecule has 4 nitrogen and oxygen atoms in total. The molecular weight excluding hydrogens is 155 g/mol. The number of hydrogen-bond donors (Lipinski definition) is 0. The number of rotatable bonds is 5. The van der Waals surface area contributed by atoms with Gasteiger partial charge in [0, 0.05) is 14.2 Å². The summed E-state index contributed by atoms with van der Waals surface area (Å²) in [7, 11) is 1.63. The molecule has 0 aliphatic rings. The summed E-state index contributed by atoms with van der Waals surface area (Å²) in [5, 5.41) is 0. The predicted molar refractivity (Wildman–Crippen MR) is 37.6 cm³/mol. The van der Waals surface area contributed by atoms with Crippen LogP contribution in [0.25, 0.3) is 0 Å². The van der Waals surface area contributed by atoms with Crippen molar-refractivity contribution in [1.82, 2.24) is 0 Å². The number of carbonyl (C=O) groups is 1. The molecule has 0 aromatic heterocycles. The van der Waals surface area contributed by atoms with Crippen LogP contribution in [0.5, 0.6) is 0 Å². The van der Waals surface area contributed by atoms with Gasteiger partial charge >= 0.3 is 8.60 Å². The highest BCUT2D eigenvalue weighted by Crippen LogP contribution is 2.36. The highest BCUT2D eigenvalue weighted by Gasteiger charge is 2.07. The first-order valence-corrected chi connectivity index (χ1v) is 3.81. The summed E-state index contributed by atoms with van der Waals surface area (Å²) in [6, 6.07) is 0. The molecule has 0 rings (SSSR count). The summed E-state index contributed by atoms with van der Waals surface area (Å²) in [6.07, 6.45) is 0. The van der Waals surface area contributed by atoms with E-state index in [0.717, 1.165) is 0 Å². The zero-order chi connectivity index (χ0) is 7.98. The Morgan fingerprint density at radius 3 is 2.20 bits per heavy atom. The molecule has 0 aliphatic heterocycles. The second-order valence-corrected chi connectivity index (χ2v) is 3.00. The minimum Gasteiger partial charge on any atom is -0.316 e. The Balaban J connectivity index is 3.34. The Labute approximate surface area is 61.5 Å². The normalized spacial score (nSPS) is 10.4. The molecule has 10 heavy (non-hydrogen) atoms. The minimum atomic E-state index is -1.31. The average Bonchev–Trinajstić information content (AvgIpc) is 1.90. The average molecular weight is 166 g/mol. The van der Waals surface area contributed by atoms with Gasteiger partial charge in [-0.15, -0.1) is 0 Å². The third-order valence-electron chi connectivity index (χ3n) is 0.671. The molecule has 0 saturated heterocycles. The molecule has 0 fully saturated rings. The van der Waals surface area contributed by atoms with Gasteiger partial charge in [0.1, 0.15) is 6.61 Å². The summed E-state index contributed by atoms with van der Waals surface area (Å²) >= 11 is 0. The fourth-order valence-corrected chi connectivity index (χ4v) is 0.971. The molecule has 0 aromatic carbocycles. The van der Waals surface area contributed by atoms with Crippen molar-refractivity contribution in [2.75, 3.05) is 20.8 Å². The molecule has 5 heteroatoms. The molecule has 0 radical (unpaired) electrons. The maximum Gasteiger partial charge on any atom is 0.332 e. The van der Waals surface area contributed by atoms with Crippen LogP contribution in [-0.2, 0) is 18.4 Å². The first kappa shape index (κ1) is 9.98. The Kier molecular flexibility index (Phi) is 5.73. The zero-order valence-electron chi connectivity index (χ0n) is 6.29. The van der Waals surface area contributed by atoms with E-state index in [2.05, 4.69) is 0 Å². The van der Waals surface area contributed by atoms with Crippen LogP contribution in [-0.4, -0.2) is 26.6 Å². The van der Waals surface area contributed by atoms with Crippen LogP contribution in [0.1, 0.15) is 6.92 Å². The molecule has 0 unspecified atom stereocenters. The van der Waals surface area contributed by atoms with Gasteiger partial charge in [-0.25, -0.2) is 0 Å². The van der Waals surface area contributed by atoms with E-state index in [1.54, 1.807) is 0 Å². The Morgan fingerprint density at radius 1 is 1.40 bits per heavy atom. The largest absolute Gasteiger partial charge is 0.332 e. The van der Waals surface area contributed by atoms with Gasteiger partial charge in [-0.1, -0.05) is 0 Å². The number of Topliss-reactive ketones (excluding diaryl/α,β-unsaturated/α-hetero) is 1. The maximum absolute atomic E-state index is 10.4. The van der Waals surface area contributed by atoms with Crippen molar-refractivity contribution in [3.8, 4) is 0 Å². The van der Waals surface area contributed by atoms with Gasteiger partial charge in [0.05, 0.1) is 0 Å². The molecule has 0 bridgehead atoms. The highest BCUT2D eigenvalue weighted by atomic mass is 31.2. The van der Waals surface area contributed by atoms with Crippen molar-refractivity contribution < 1.29 is 18.4 Å². The predicted octanol–water partition coefficient (Wildman–Crippen LogP) is 1.11. The quantitative estimate of drug-likeness (QED) is 0.574. The van der Waals surface area contributed by atoms with Crippen molar-refractivity contribution in [3.63, 3.8) is 0 Å². The fourth-order valence-electron chi connectivity index (χ4n) is 0.324. The van der Waals surface area contributed by atoms with Gasteiger partial charge in [-0.3, -0.25) is 4.79 Å². The minimum absolute atomic E-state index is 0.0402. The van der Waals surface area contributed by atoms with Crippen molar-refractivity contribution in [2.45, 2.75) is 6.92 Å². The molecule has 60 valence electrons. The number of carbonyl (C=O) groups excluding carboxylic acids is 1. The molecule has 0 N–H and O–H groups in total. The molecule has 0 atom stereocenters. The summed E-state index contributed by atoms with van der Waals surface area (Å²) in [4.78, 5) is 10.4. The first-order valence-electron chi connectivity index (χ1n) is 2.71. The molecule has 0 amide bonds. The van der Waals surface area contributed by atoms with Crippen LogP contribution in [0.2, 0.25) is 0 Å². The maximum atomic E-state index is 10.4. The van der Waals surface area contributed by atoms with Crippen LogP contribution < -0.4 is 0 Å². The monoisotopic (exact) mass is 166 g/mol. The summed E-state index contributed by atoms with van der Waals surface area (Å²) in [6.45, 7) is 1.49. The molecule has 0 aromatic rings. The van der Waals surface area contributed by atoms with E-state index in [1.807, 2.05) is 0 Å². The second-order valence-electron chi connectivity index (χ2n) is 1.56. The Bertz CT molecular complexity index is 102. The topological polar surface area (TPSA) is 44.8 Å². The van der Waals surface area contributed by atoms with Gasteiger partial charge in [0.2, 0.25) is 0 Å². The molecule has 0 saturated carbocycles. The van der Waals surface area contributed by atoms with Crippen LogP contribution in [0.3, 0.4) is 0 Å². The molecule has 0 heterocycles. The van der Waals surface area contributed by atoms with Crippen LogP contribution >= 0.6 is 8.60 Å². The smallest absolute Gasteiger partial charge is 0.316 e. The lowest BCUT2D eigenvalue weighted by Gasteiger charge is -2.09. The fraction of sp³-hybridized carbons (Fsp3) is 0.800. The standard InChI is InChI=1S/C5H11O4P/c1-5(6)4-9-10(7-2)8-3/h4H2,1-3H3. The number of hydrogen-bond acceptors (Lipinski definition) is 4. The summed E-state index contributed by atoms with van der Waals surface area (Å²) in [5.41, 5.74) is 0. The lowest BCUT2D eigenvalue weighted by molar-refractivity contribution is -0.119. The summed E-state index contributed by atoms with van der Waals surface area (Å²) < 4.78 is 14.3. The highest BCUT2D eigenvalue weighted by molar-refractivity contribution is 7.41. The van der Waals surface area contributed by atoms with E-state index in [1.165, 1.54) is 21.1 Å². The van der Waals surface area contributed by atoms with Gasteiger partial charge < -0.3 is 13.6 Å². The van der Waals surface area contributed by atoms with Crippen molar-refractivity contribution >= 4 is 14.4 Å². The van der Waals surface area contributed by atoms with Crippen molar-refractivity contribution in [3.05, 3.63) is 0 Å². The van der Waals surface area contributed by atoms with Gasteiger partial charge in [0.25, 0.3) is 0 Å². The van der Waals surface area contributed by atoms with Crippen molar-refractivity contribution in [1.29, 1.82) is 0 Å². The van der Waals surface area contributed by atoms with E-state index in [9.17, 15) is 4.79 Å². The van der Waals surface area contributed by atoms with Crippen LogP contribution in [0.15, 0.2) is 0 Å². The lowest BCUT2D eigenvalue weighted by Crippen LogP contribution is -2.01. The van der Waals surface area contributed by atoms with Crippen LogP contribution in [0, 0.1) is 0 Å². The zero-order valence-corrected chi connectivity index (χ0v) is 7.18. The van der Waals surface area contributed by atoms with Gasteiger partial charge in [-0.2, -0.15) is 0 Å². The lowest BCUT2D eigenvalue weighted by atomic mass is 10.5. The second kappa shape index (κ2) is 5.74. The van der Waals surface area contributed by atoms with Gasteiger partial charge in [0.15, 0.2) is 5.78 Å². The first-order chi connectivity index (χ1) is 4.70. The van der Waals surface area contributed by atoms with E-state index < -0.39 is 8.60 Å². The van der Waals surface area contributed by atoms with Crippen molar-refractivity contribution in [2.24, 2.45) is 0 Å². The van der Waals surface area contributed by atoms with E-state index in [-0.39, 0.29) is 12.4 Å². The third kappa shape index (κ3) is 4.82. The van der Waals surface area contributed by atoms with E-state index in [0.29, 0.717) is 0 Å². The van der Waals surface area contributed by atoms with Gasteiger partial charge in [-0.05, 0) is 6.92 Å².